The van der Waals surface area contributed by atoms with Crippen LogP contribution in [-0.4, -0.2) is 39.9 Å². The van der Waals surface area contributed by atoms with Gasteiger partial charge in [-0.25, -0.2) is 4.98 Å². The SMILES string of the molecule is Cc1ccnc(-c2cc(C)ccn2)c1.Cc1ccnc(-c2cc(C)ccn2)c1.[Os].c1csc(-c2nc3c4cccnc4c4ncccc4c3[nH]2)c1. The number of H-pyrrole nitrogens is 1. The van der Waals surface area contributed by atoms with Gasteiger partial charge in [-0.3, -0.25) is 29.9 Å². The van der Waals surface area contributed by atoms with Crippen LogP contribution in [0.5, 0.6) is 0 Å². The minimum Gasteiger partial charge on any atom is -0.337 e. The van der Waals surface area contributed by atoms with Crippen LogP contribution in [0.1, 0.15) is 22.3 Å². The maximum Gasteiger partial charge on any atom is 0.148 e. The van der Waals surface area contributed by atoms with Crippen LogP contribution in [-0.2, 0) is 19.8 Å². The number of aromatic amines is 1. The third-order valence-corrected chi connectivity index (χ3v) is 8.89. The molecule has 0 saturated carbocycles. The van der Waals surface area contributed by atoms with Crippen molar-refractivity contribution in [3.05, 3.63) is 150 Å². The Bertz CT molecular complexity index is 2320. The standard InChI is InChI=1S/C17H10N4S.2C12H12N2.Os/c1-4-10-13(18-7-1)14-11(5-2-8-19-14)16-15(10)20-17(21-16)12-6-3-9-22-12;2*1-9-3-5-13-11(7-9)12-8-10(2)4-6-14-12;/h1-9H,(H,20,21);2*3-8H,1-2H3;. The number of imidazole rings is 1. The number of hydrogen-bond donors (Lipinski definition) is 1. The number of hydrogen-bond acceptors (Lipinski definition) is 8. The minimum absolute atomic E-state index is 0. The summed E-state index contributed by atoms with van der Waals surface area (Å²) in [6.45, 7) is 8.23. The molecule has 0 fully saturated rings. The first kappa shape index (κ1) is 35.3. The van der Waals surface area contributed by atoms with Gasteiger partial charge in [-0.1, -0.05) is 6.07 Å². The maximum atomic E-state index is 4.82. The van der Waals surface area contributed by atoms with E-state index in [1.807, 2.05) is 91.5 Å². The molecule has 0 bridgehead atoms. The third kappa shape index (κ3) is 8.10. The number of nitrogens with zero attached hydrogens (tertiary/aromatic N) is 7. The van der Waals surface area contributed by atoms with Crippen molar-refractivity contribution < 1.29 is 19.8 Å². The van der Waals surface area contributed by atoms with E-state index in [9.17, 15) is 0 Å². The summed E-state index contributed by atoms with van der Waals surface area (Å²) in [4.78, 5) is 35.6. The summed E-state index contributed by atoms with van der Waals surface area (Å²) in [6.07, 6.45) is 10.9. The molecule has 8 nitrogen and oxygen atoms in total. The van der Waals surface area contributed by atoms with E-state index in [1.54, 1.807) is 23.7 Å². The first-order valence-corrected chi connectivity index (χ1v) is 17.1. The smallest absolute Gasteiger partial charge is 0.148 e. The summed E-state index contributed by atoms with van der Waals surface area (Å²) in [6, 6.07) is 28.2. The van der Waals surface area contributed by atoms with Gasteiger partial charge < -0.3 is 4.98 Å². The summed E-state index contributed by atoms with van der Waals surface area (Å²) < 4.78 is 0. The quantitative estimate of drug-likeness (QED) is 0.176. The van der Waals surface area contributed by atoms with Gasteiger partial charge in [-0.05, 0) is 134 Å². The molecule has 10 heteroatoms. The molecule has 0 aliphatic carbocycles. The number of pyridine rings is 6. The van der Waals surface area contributed by atoms with E-state index in [2.05, 4.69) is 86.2 Å². The monoisotopic (exact) mass is 862 g/mol. The van der Waals surface area contributed by atoms with E-state index in [4.69, 9.17) is 4.98 Å². The second-order valence-electron chi connectivity index (χ2n) is 12.0. The first-order chi connectivity index (χ1) is 24.4. The van der Waals surface area contributed by atoms with Gasteiger partial charge in [0, 0.05) is 67.7 Å². The van der Waals surface area contributed by atoms with Crippen molar-refractivity contribution in [1.82, 2.24) is 39.9 Å². The van der Waals surface area contributed by atoms with Crippen LogP contribution in [0.25, 0.3) is 66.3 Å². The Morgan fingerprint density at radius 2 is 0.922 bits per heavy atom. The summed E-state index contributed by atoms with van der Waals surface area (Å²) in [5, 5.41) is 4.14. The number of nitrogens with one attached hydrogen (secondary N) is 1. The molecular weight excluding hydrogens is 827 g/mol. The summed E-state index contributed by atoms with van der Waals surface area (Å²) >= 11 is 1.68. The second kappa shape index (κ2) is 16.0. The van der Waals surface area contributed by atoms with Gasteiger partial charge in [0.2, 0.25) is 0 Å². The molecule has 0 aliphatic rings. The predicted octanol–water partition coefficient (Wildman–Crippen LogP) is 9.91. The molecule has 0 amide bonds. The summed E-state index contributed by atoms with van der Waals surface area (Å²) in [5.74, 6) is 0.895. The number of aromatic nitrogens is 8. The minimum atomic E-state index is 0. The van der Waals surface area contributed by atoms with Gasteiger partial charge >= 0.3 is 0 Å². The Hall–Kier alpha value is -5.55. The van der Waals surface area contributed by atoms with E-state index in [-0.39, 0.29) is 19.8 Å². The summed E-state index contributed by atoms with van der Waals surface area (Å²) in [7, 11) is 0. The van der Waals surface area contributed by atoms with Crippen molar-refractivity contribution in [2.24, 2.45) is 0 Å². The largest absolute Gasteiger partial charge is 0.337 e. The van der Waals surface area contributed by atoms with Crippen LogP contribution in [0.2, 0.25) is 0 Å². The average molecular weight is 861 g/mol. The Morgan fingerprint density at radius 3 is 1.35 bits per heavy atom. The summed E-state index contributed by atoms with van der Waals surface area (Å²) in [5.41, 5.74) is 12.4. The third-order valence-electron chi connectivity index (χ3n) is 8.01. The first-order valence-electron chi connectivity index (χ1n) is 16.2. The topological polar surface area (TPSA) is 106 Å². The maximum absolute atomic E-state index is 4.82. The molecule has 51 heavy (non-hydrogen) atoms. The van der Waals surface area contributed by atoms with Crippen LogP contribution < -0.4 is 0 Å². The van der Waals surface area contributed by atoms with Crippen molar-refractivity contribution in [3.8, 4) is 33.5 Å². The van der Waals surface area contributed by atoms with Crippen LogP contribution in [0.4, 0.5) is 0 Å². The average Bonchev–Trinajstić information content (AvgIpc) is 3.84. The normalized spacial score (nSPS) is 10.6. The zero-order valence-electron chi connectivity index (χ0n) is 28.5. The number of rotatable bonds is 3. The molecule has 1 N–H and O–H groups in total. The number of fused-ring (bicyclic) bond motifs is 6. The van der Waals surface area contributed by atoms with Gasteiger partial charge in [0.1, 0.15) is 5.82 Å². The number of thiophene rings is 1. The van der Waals surface area contributed by atoms with Gasteiger partial charge in [0.15, 0.2) is 0 Å². The van der Waals surface area contributed by atoms with Crippen molar-refractivity contribution in [2.45, 2.75) is 27.7 Å². The molecule has 8 aromatic heterocycles. The Labute approximate surface area is 313 Å². The van der Waals surface area contributed by atoms with E-state index in [0.29, 0.717) is 0 Å². The molecular formula is C41H34N8OsS. The molecule has 0 unspecified atom stereocenters. The Morgan fingerprint density at radius 1 is 0.471 bits per heavy atom. The molecule has 1 aromatic carbocycles. The molecule has 8 heterocycles. The zero-order chi connectivity index (χ0) is 34.5. The van der Waals surface area contributed by atoms with Crippen molar-refractivity contribution in [1.29, 1.82) is 0 Å². The number of benzene rings is 1. The van der Waals surface area contributed by atoms with Gasteiger partial charge in [0.25, 0.3) is 0 Å². The van der Waals surface area contributed by atoms with Crippen LogP contribution in [0.15, 0.2) is 127 Å². The van der Waals surface area contributed by atoms with Crippen LogP contribution in [0, 0.1) is 27.7 Å². The van der Waals surface area contributed by atoms with E-state index in [0.717, 1.165) is 66.3 Å². The van der Waals surface area contributed by atoms with Crippen molar-refractivity contribution >= 4 is 44.2 Å². The van der Waals surface area contributed by atoms with E-state index < -0.39 is 0 Å². The fraction of sp³-hybridized carbons (Fsp3) is 0.0976. The molecule has 0 atom stereocenters. The zero-order valence-corrected chi connectivity index (χ0v) is 31.9. The molecule has 9 rings (SSSR count). The van der Waals surface area contributed by atoms with Gasteiger partial charge in [0.05, 0.1) is 49.7 Å². The van der Waals surface area contributed by atoms with E-state index >= 15 is 0 Å². The molecule has 9 aromatic rings. The van der Waals surface area contributed by atoms with Crippen molar-refractivity contribution in [2.75, 3.05) is 0 Å². The fourth-order valence-corrected chi connectivity index (χ4v) is 6.25. The molecule has 0 saturated heterocycles. The number of aryl methyl sites for hydroxylation is 4. The van der Waals surface area contributed by atoms with Crippen LogP contribution in [0.3, 0.4) is 0 Å². The molecule has 0 aliphatic heterocycles. The Balaban J connectivity index is 0.000000137. The molecule has 0 radical (unpaired) electrons. The van der Waals surface area contributed by atoms with Gasteiger partial charge in [-0.2, -0.15) is 0 Å². The van der Waals surface area contributed by atoms with E-state index in [1.165, 1.54) is 22.3 Å². The second-order valence-corrected chi connectivity index (χ2v) is 12.9. The van der Waals surface area contributed by atoms with Crippen molar-refractivity contribution in [3.63, 3.8) is 0 Å². The molecule has 252 valence electrons. The molecule has 0 spiro atoms. The Kier molecular flexibility index (Phi) is 11.1. The van der Waals surface area contributed by atoms with Gasteiger partial charge in [-0.15, -0.1) is 11.3 Å². The van der Waals surface area contributed by atoms with Crippen LogP contribution >= 0.6 is 11.3 Å². The fourth-order valence-electron chi connectivity index (χ4n) is 5.58. The predicted molar refractivity (Wildman–Crippen MR) is 204 cm³/mol.